The van der Waals surface area contributed by atoms with Crippen molar-refractivity contribution in [3.05, 3.63) is 71.3 Å². The Balaban J connectivity index is 1.22. The lowest BCUT2D eigenvalue weighted by Crippen LogP contribution is -2.52. The van der Waals surface area contributed by atoms with E-state index >= 15 is 0 Å². The number of fused-ring (bicyclic) bond motifs is 1. The van der Waals surface area contributed by atoms with Gasteiger partial charge in [-0.2, -0.15) is 0 Å². The van der Waals surface area contributed by atoms with Crippen molar-refractivity contribution in [2.24, 2.45) is 0 Å². The number of imide groups is 1. The molecule has 0 bridgehead atoms. The van der Waals surface area contributed by atoms with Crippen LogP contribution in [0.4, 0.5) is 4.79 Å². The van der Waals surface area contributed by atoms with Crippen molar-refractivity contribution in [3.63, 3.8) is 0 Å². The molecule has 4 amide bonds. The van der Waals surface area contributed by atoms with Crippen molar-refractivity contribution in [3.8, 4) is 0 Å². The van der Waals surface area contributed by atoms with Crippen LogP contribution in [0, 0.1) is 0 Å². The topological polar surface area (TPSA) is 73.0 Å². The van der Waals surface area contributed by atoms with Crippen molar-refractivity contribution in [2.45, 2.75) is 6.54 Å². The molecule has 4 rings (SSSR count). The van der Waals surface area contributed by atoms with Gasteiger partial charge in [0.2, 0.25) is 0 Å². The zero-order valence-electron chi connectivity index (χ0n) is 16.2. The molecule has 2 heterocycles. The molecule has 1 saturated heterocycles. The van der Waals surface area contributed by atoms with Crippen LogP contribution >= 0.6 is 0 Å². The van der Waals surface area contributed by atoms with Gasteiger partial charge in [0.25, 0.3) is 11.8 Å². The highest BCUT2D eigenvalue weighted by molar-refractivity contribution is 6.21. The first-order valence-electron chi connectivity index (χ1n) is 9.88. The summed E-state index contributed by atoms with van der Waals surface area (Å²) in [5.41, 5.74) is 2.04. The predicted molar refractivity (Wildman–Crippen MR) is 108 cm³/mol. The van der Waals surface area contributed by atoms with Crippen molar-refractivity contribution in [1.82, 2.24) is 20.0 Å². The van der Waals surface area contributed by atoms with Crippen molar-refractivity contribution >= 4 is 17.8 Å². The molecule has 150 valence electrons. The van der Waals surface area contributed by atoms with E-state index in [-0.39, 0.29) is 17.8 Å². The summed E-state index contributed by atoms with van der Waals surface area (Å²) in [5, 5.41) is 2.95. The molecule has 0 aromatic heterocycles. The first kappa shape index (κ1) is 19.1. The average molecular weight is 392 g/mol. The number of nitrogens with zero attached hydrogens (tertiary/aromatic N) is 3. The van der Waals surface area contributed by atoms with Gasteiger partial charge in [-0.15, -0.1) is 0 Å². The number of carbonyl (C=O) groups excluding carboxylic acids is 3. The monoisotopic (exact) mass is 392 g/mol. The third-order valence-corrected chi connectivity index (χ3v) is 5.46. The quantitative estimate of drug-likeness (QED) is 0.788. The van der Waals surface area contributed by atoms with Gasteiger partial charge in [0.1, 0.15) is 0 Å². The van der Waals surface area contributed by atoms with E-state index in [1.54, 1.807) is 29.2 Å². The van der Waals surface area contributed by atoms with Crippen LogP contribution in [-0.4, -0.2) is 71.8 Å². The van der Waals surface area contributed by atoms with Gasteiger partial charge >= 0.3 is 6.03 Å². The van der Waals surface area contributed by atoms with E-state index in [0.717, 1.165) is 18.7 Å². The Kier molecular flexibility index (Phi) is 5.57. The number of urea groups is 1. The third-order valence-electron chi connectivity index (χ3n) is 5.46. The fraction of sp³-hybridized carbons (Fsp3) is 0.318. The highest BCUT2D eigenvalue weighted by atomic mass is 16.2. The van der Waals surface area contributed by atoms with E-state index in [4.69, 9.17) is 0 Å². The van der Waals surface area contributed by atoms with Crippen LogP contribution < -0.4 is 5.32 Å². The van der Waals surface area contributed by atoms with E-state index in [1.807, 2.05) is 30.3 Å². The SMILES string of the molecule is O=C(NCc1ccccc1)N1CCN(CCN2C(=O)c3ccccc3C2=O)CC1. The lowest BCUT2D eigenvalue weighted by atomic mass is 10.1. The summed E-state index contributed by atoms with van der Waals surface area (Å²) in [4.78, 5) is 42.5. The minimum absolute atomic E-state index is 0.0612. The van der Waals surface area contributed by atoms with E-state index in [0.29, 0.717) is 43.9 Å². The molecular weight excluding hydrogens is 368 g/mol. The summed E-state index contributed by atoms with van der Waals surface area (Å²) in [7, 11) is 0. The lowest BCUT2D eigenvalue weighted by Gasteiger charge is -2.35. The van der Waals surface area contributed by atoms with Crippen LogP contribution in [0.3, 0.4) is 0 Å². The Morgan fingerprint density at radius 3 is 2.00 bits per heavy atom. The molecule has 1 N–H and O–H groups in total. The number of carbonyl (C=O) groups is 3. The molecule has 2 aromatic rings. The van der Waals surface area contributed by atoms with Gasteiger partial charge in [-0.05, 0) is 17.7 Å². The highest BCUT2D eigenvalue weighted by Gasteiger charge is 2.35. The predicted octanol–water partition coefficient (Wildman–Crippen LogP) is 1.81. The molecule has 0 atom stereocenters. The average Bonchev–Trinajstić information content (AvgIpc) is 3.02. The van der Waals surface area contributed by atoms with Crippen LogP contribution in [0.1, 0.15) is 26.3 Å². The van der Waals surface area contributed by atoms with Crippen molar-refractivity contribution in [2.75, 3.05) is 39.3 Å². The van der Waals surface area contributed by atoms with Gasteiger partial charge in [0.05, 0.1) is 11.1 Å². The summed E-state index contributed by atoms with van der Waals surface area (Å²) in [5.74, 6) is -0.436. The van der Waals surface area contributed by atoms with Crippen molar-refractivity contribution < 1.29 is 14.4 Å². The van der Waals surface area contributed by atoms with Crippen molar-refractivity contribution in [1.29, 1.82) is 0 Å². The fourth-order valence-electron chi connectivity index (χ4n) is 3.74. The summed E-state index contributed by atoms with van der Waals surface area (Å²) >= 11 is 0. The van der Waals surface area contributed by atoms with E-state index in [1.165, 1.54) is 4.90 Å². The van der Waals surface area contributed by atoms with Gasteiger partial charge in [-0.3, -0.25) is 19.4 Å². The molecule has 0 aliphatic carbocycles. The Morgan fingerprint density at radius 1 is 0.793 bits per heavy atom. The fourth-order valence-corrected chi connectivity index (χ4v) is 3.74. The largest absolute Gasteiger partial charge is 0.334 e. The molecule has 7 heteroatoms. The molecule has 2 aliphatic rings. The number of piperazine rings is 1. The van der Waals surface area contributed by atoms with Crippen LogP contribution in [0.2, 0.25) is 0 Å². The minimum atomic E-state index is -0.218. The van der Waals surface area contributed by atoms with Crippen LogP contribution in [-0.2, 0) is 6.54 Å². The molecule has 29 heavy (non-hydrogen) atoms. The molecule has 0 unspecified atom stereocenters. The number of hydrogen-bond acceptors (Lipinski definition) is 4. The van der Waals surface area contributed by atoms with E-state index in [2.05, 4.69) is 10.2 Å². The highest BCUT2D eigenvalue weighted by Crippen LogP contribution is 2.22. The minimum Gasteiger partial charge on any atom is -0.334 e. The molecule has 0 saturated carbocycles. The van der Waals surface area contributed by atoms with Gasteiger partial charge in [-0.1, -0.05) is 42.5 Å². The Bertz CT molecular complexity index is 872. The summed E-state index contributed by atoms with van der Waals surface area (Å²) in [6.45, 7) is 4.20. The van der Waals surface area contributed by atoms with Gasteiger partial charge in [0.15, 0.2) is 0 Å². The third kappa shape index (κ3) is 4.14. The molecule has 7 nitrogen and oxygen atoms in total. The van der Waals surface area contributed by atoms with Gasteiger partial charge in [-0.25, -0.2) is 4.79 Å². The summed E-state index contributed by atoms with van der Waals surface area (Å²) in [6, 6.07) is 16.7. The number of amides is 4. The smallest absolute Gasteiger partial charge is 0.317 e. The van der Waals surface area contributed by atoms with Crippen LogP contribution in [0.5, 0.6) is 0 Å². The second-order valence-electron chi connectivity index (χ2n) is 7.28. The standard InChI is InChI=1S/C22H24N4O3/c27-20-18-8-4-5-9-19(18)21(28)26(20)15-12-24-10-13-25(14-11-24)22(29)23-16-17-6-2-1-3-7-17/h1-9H,10-16H2,(H,23,29). The molecule has 0 spiro atoms. The molecule has 1 fully saturated rings. The second kappa shape index (κ2) is 8.45. The maximum atomic E-state index is 12.4. The molecule has 0 radical (unpaired) electrons. The number of hydrogen-bond donors (Lipinski definition) is 1. The Hall–Kier alpha value is -3.19. The van der Waals surface area contributed by atoms with Crippen LogP contribution in [0.15, 0.2) is 54.6 Å². The van der Waals surface area contributed by atoms with E-state index in [9.17, 15) is 14.4 Å². The van der Waals surface area contributed by atoms with Gasteiger partial charge in [0, 0.05) is 45.8 Å². The Morgan fingerprint density at radius 2 is 1.38 bits per heavy atom. The normalized spacial score (nSPS) is 16.8. The molecule has 2 aliphatic heterocycles. The second-order valence-corrected chi connectivity index (χ2v) is 7.28. The Labute approximate surface area is 169 Å². The first-order chi connectivity index (χ1) is 14.1. The number of nitrogens with one attached hydrogen (secondary N) is 1. The summed E-state index contributed by atoms with van der Waals surface area (Å²) < 4.78 is 0. The number of benzene rings is 2. The van der Waals surface area contributed by atoms with Crippen LogP contribution in [0.25, 0.3) is 0 Å². The number of rotatable bonds is 5. The maximum Gasteiger partial charge on any atom is 0.317 e. The van der Waals surface area contributed by atoms with E-state index < -0.39 is 0 Å². The molecule has 2 aromatic carbocycles. The maximum absolute atomic E-state index is 12.4. The molecular formula is C22H24N4O3. The summed E-state index contributed by atoms with van der Waals surface area (Å²) in [6.07, 6.45) is 0. The zero-order valence-corrected chi connectivity index (χ0v) is 16.2. The first-order valence-corrected chi connectivity index (χ1v) is 9.88. The van der Waals surface area contributed by atoms with Gasteiger partial charge < -0.3 is 10.2 Å². The zero-order chi connectivity index (χ0) is 20.2. The lowest BCUT2D eigenvalue weighted by molar-refractivity contribution is 0.0623.